The van der Waals surface area contributed by atoms with Crippen LogP contribution in [0.15, 0.2) is 97.1 Å². The SMILES string of the molecule is CC(C)(C)[Si](OC(=O)/C=C\C(=O)O)(c1ccccc1)c1ccccc1Cc1ccccc1. The molecule has 3 rings (SSSR count). The van der Waals surface area contributed by atoms with Gasteiger partial charge in [-0.1, -0.05) is 106 Å². The lowest BCUT2D eigenvalue weighted by molar-refractivity contribution is -0.133. The van der Waals surface area contributed by atoms with E-state index in [-0.39, 0.29) is 0 Å². The average Bonchev–Trinajstić information content (AvgIpc) is 2.77. The molecule has 3 aromatic carbocycles. The summed E-state index contributed by atoms with van der Waals surface area (Å²) in [6.07, 6.45) is 2.53. The summed E-state index contributed by atoms with van der Waals surface area (Å²) in [5, 5.41) is 10.5. The number of carboxylic acid groups (broad SMARTS) is 1. The van der Waals surface area contributed by atoms with Crippen LogP contribution in [0.1, 0.15) is 31.9 Å². The molecule has 0 heterocycles. The molecule has 164 valence electrons. The average molecular weight is 445 g/mol. The normalized spacial score (nSPS) is 13.5. The highest BCUT2D eigenvalue weighted by Crippen LogP contribution is 2.37. The lowest BCUT2D eigenvalue weighted by atomic mass is 10.1. The van der Waals surface area contributed by atoms with E-state index in [2.05, 4.69) is 45.0 Å². The van der Waals surface area contributed by atoms with Gasteiger partial charge in [0.15, 0.2) is 0 Å². The highest BCUT2D eigenvalue weighted by atomic mass is 28.4. The Kier molecular flexibility index (Phi) is 7.10. The number of rotatable bonds is 7. The third-order valence-electron chi connectivity index (χ3n) is 5.49. The van der Waals surface area contributed by atoms with Crippen LogP contribution >= 0.6 is 0 Å². The molecular weight excluding hydrogens is 416 g/mol. The van der Waals surface area contributed by atoms with E-state index < -0.39 is 25.3 Å². The van der Waals surface area contributed by atoms with E-state index in [9.17, 15) is 9.59 Å². The molecule has 0 saturated carbocycles. The fourth-order valence-corrected chi connectivity index (χ4v) is 8.60. The summed E-state index contributed by atoms with van der Waals surface area (Å²) < 4.78 is 6.35. The van der Waals surface area contributed by atoms with Crippen molar-refractivity contribution in [3.05, 3.63) is 108 Å². The predicted molar refractivity (Wildman–Crippen MR) is 130 cm³/mol. The third-order valence-corrected chi connectivity index (χ3v) is 10.5. The van der Waals surface area contributed by atoms with E-state index in [1.165, 1.54) is 5.56 Å². The number of benzene rings is 3. The summed E-state index contributed by atoms with van der Waals surface area (Å²) in [7, 11) is -3.18. The minimum absolute atomic E-state index is 0.409. The number of carboxylic acids is 1. The van der Waals surface area contributed by atoms with Crippen LogP contribution in [0, 0.1) is 0 Å². The molecule has 0 aliphatic carbocycles. The first-order chi connectivity index (χ1) is 15.2. The van der Waals surface area contributed by atoms with Crippen LogP contribution in [-0.4, -0.2) is 25.4 Å². The maximum Gasteiger partial charge on any atom is 0.328 e. The Balaban J connectivity index is 2.23. The molecule has 0 fully saturated rings. The molecule has 4 nitrogen and oxygen atoms in total. The first kappa shape index (κ1) is 23.2. The van der Waals surface area contributed by atoms with Crippen molar-refractivity contribution in [2.45, 2.75) is 32.2 Å². The van der Waals surface area contributed by atoms with Gasteiger partial charge in [-0.05, 0) is 33.0 Å². The lowest BCUT2D eigenvalue weighted by Gasteiger charge is -2.42. The molecule has 1 N–H and O–H groups in total. The second-order valence-electron chi connectivity index (χ2n) is 8.71. The molecule has 5 heteroatoms. The maximum absolute atomic E-state index is 12.9. The first-order valence-electron chi connectivity index (χ1n) is 10.6. The fourth-order valence-electron chi connectivity index (χ4n) is 4.09. The Morgan fingerprint density at radius 2 is 1.41 bits per heavy atom. The van der Waals surface area contributed by atoms with Gasteiger partial charge in [-0.2, -0.15) is 0 Å². The van der Waals surface area contributed by atoms with Crippen molar-refractivity contribution in [1.82, 2.24) is 0 Å². The van der Waals surface area contributed by atoms with Crippen LogP contribution in [0.3, 0.4) is 0 Å². The summed E-state index contributed by atoms with van der Waals surface area (Å²) >= 11 is 0. The van der Waals surface area contributed by atoms with Gasteiger partial charge >= 0.3 is 20.3 Å². The molecule has 32 heavy (non-hydrogen) atoms. The molecule has 1 atom stereocenters. The number of carbonyl (C=O) groups is 2. The zero-order valence-electron chi connectivity index (χ0n) is 18.6. The molecule has 0 spiro atoms. The first-order valence-corrected chi connectivity index (χ1v) is 12.5. The summed E-state index contributed by atoms with van der Waals surface area (Å²) in [4.78, 5) is 23.9. The standard InChI is InChI=1S/C27H28O4Si/c1-27(2,3)32(23-15-8-5-9-16-23,31-26(30)19-18-25(28)29)24-17-11-10-14-22(24)20-21-12-6-4-7-13-21/h4-19H,20H2,1-3H3,(H,28,29)/b19-18-. The van der Waals surface area contributed by atoms with Crippen LogP contribution in [0.2, 0.25) is 5.04 Å². The van der Waals surface area contributed by atoms with Crippen molar-refractivity contribution in [2.24, 2.45) is 0 Å². The molecular formula is C27H28O4Si. The van der Waals surface area contributed by atoms with Crippen molar-refractivity contribution in [3.8, 4) is 0 Å². The van der Waals surface area contributed by atoms with Gasteiger partial charge in [0.1, 0.15) is 0 Å². The van der Waals surface area contributed by atoms with Gasteiger partial charge in [-0.3, -0.25) is 0 Å². The van der Waals surface area contributed by atoms with Crippen LogP contribution in [0.25, 0.3) is 0 Å². The molecule has 1 unspecified atom stereocenters. The van der Waals surface area contributed by atoms with Crippen molar-refractivity contribution in [3.63, 3.8) is 0 Å². The highest BCUT2D eigenvalue weighted by molar-refractivity contribution is 7.00. The Morgan fingerprint density at radius 1 is 0.844 bits per heavy atom. The molecule has 0 bridgehead atoms. The minimum atomic E-state index is -3.18. The summed E-state index contributed by atoms with van der Waals surface area (Å²) in [5.74, 6) is -1.83. The van der Waals surface area contributed by atoms with E-state index in [1.807, 2.05) is 60.7 Å². The smallest absolute Gasteiger partial charge is 0.328 e. The minimum Gasteiger partial charge on any atom is -0.506 e. The van der Waals surface area contributed by atoms with Crippen molar-refractivity contribution < 1.29 is 19.1 Å². The molecule has 0 amide bonds. The predicted octanol–water partition coefficient (Wildman–Crippen LogP) is 4.32. The highest BCUT2D eigenvalue weighted by Gasteiger charge is 2.53. The van der Waals surface area contributed by atoms with Crippen molar-refractivity contribution in [1.29, 1.82) is 0 Å². The maximum atomic E-state index is 12.9. The number of carbonyl (C=O) groups excluding carboxylic acids is 1. The Morgan fingerprint density at radius 3 is 2.00 bits per heavy atom. The monoisotopic (exact) mass is 444 g/mol. The summed E-state index contributed by atoms with van der Waals surface area (Å²) in [6.45, 7) is 6.25. The summed E-state index contributed by atoms with van der Waals surface area (Å²) in [6, 6.07) is 28.1. The van der Waals surface area contributed by atoms with Crippen molar-refractivity contribution >= 4 is 30.6 Å². The van der Waals surface area contributed by atoms with Gasteiger partial charge in [0, 0.05) is 12.2 Å². The van der Waals surface area contributed by atoms with Gasteiger partial charge in [0.05, 0.1) is 0 Å². The van der Waals surface area contributed by atoms with Gasteiger partial charge in [-0.15, -0.1) is 0 Å². The summed E-state index contributed by atoms with van der Waals surface area (Å²) in [5.41, 5.74) is 2.26. The molecule has 0 aromatic heterocycles. The second-order valence-corrected chi connectivity index (χ2v) is 12.9. The largest absolute Gasteiger partial charge is 0.506 e. The Bertz CT molecular complexity index is 1100. The van der Waals surface area contributed by atoms with Crippen LogP contribution in [-0.2, 0) is 20.4 Å². The van der Waals surface area contributed by atoms with Gasteiger partial charge in [0.2, 0.25) is 0 Å². The van der Waals surface area contributed by atoms with E-state index >= 15 is 0 Å². The van der Waals surface area contributed by atoms with Gasteiger partial charge in [0.25, 0.3) is 0 Å². The van der Waals surface area contributed by atoms with Crippen molar-refractivity contribution in [2.75, 3.05) is 0 Å². The van der Waals surface area contributed by atoms with E-state index in [0.29, 0.717) is 6.42 Å². The Labute approximate surface area is 190 Å². The topological polar surface area (TPSA) is 63.6 Å². The van der Waals surface area contributed by atoms with Crippen LogP contribution < -0.4 is 10.4 Å². The lowest BCUT2D eigenvalue weighted by Crippen LogP contribution is -2.68. The fraction of sp³-hybridized carbons (Fsp3) is 0.185. The van der Waals surface area contributed by atoms with Gasteiger partial charge < -0.3 is 9.53 Å². The molecule has 0 radical (unpaired) electrons. The Hall–Kier alpha value is -3.44. The zero-order valence-corrected chi connectivity index (χ0v) is 19.6. The van der Waals surface area contributed by atoms with Crippen LogP contribution in [0.5, 0.6) is 0 Å². The zero-order chi connectivity index (χ0) is 23.2. The van der Waals surface area contributed by atoms with E-state index in [4.69, 9.17) is 9.53 Å². The van der Waals surface area contributed by atoms with Gasteiger partial charge in [-0.25, -0.2) is 9.59 Å². The molecule has 3 aromatic rings. The molecule has 0 saturated heterocycles. The molecule has 0 aliphatic rings. The second kappa shape index (κ2) is 9.79. The van der Waals surface area contributed by atoms with E-state index in [0.717, 1.165) is 28.1 Å². The van der Waals surface area contributed by atoms with Crippen LogP contribution in [0.4, 0.5) is 0 Å². The van der Waals surface area contributed by atoms with E-state index in [1.54, 1.807) is 0 Å². The quantitative estimate of drug-likeness (QED) is 0.435. The number of hydrogen-bond acceptors (Lipinski definition) is 3. The number of aliphatic carboxylic acids is 1. The third kappa shape index (κ3) is 5.06. The molecule has 0 aliphatic heterocycles. The number of hydrogen-bond donors (Lipinski definition) is 1.